The number of sulfonamides is 1. The summed E-state index contributed by atoms with van der Waals surface area (Å²) in [7, 11) is -3.39. The van der Waals surface area contributed by atoms with Gasteiger partial charge in [-0.25, -0.2) is 13.1 Å². The Kier molecular flexibility index (Phi) is 4.17. The number of rotatable bonds is 5. The Morgan fingerprint density at radius 1 is 1.29 bits per heavy atom. The fourth-order valence-corrected chi connectivity index (χ4v) is 3.69. The lowest BCUT2D eigenvalue weighted by molar-refractivity contribution is 0.00356. The van der Waals surface area contributed by atoms with Gasteiger partial charge in [-0.15, -0.1) is 0 Å². The van der Waals surface area contributed by atoms with Gasteiger partial charge in [-0.3, -0.25) is 0 Å². The smallest absolute Gasteiger partial charge is 0.240 e. The fraction of sp³-hybridized carbons (Fsp3) is 0.571. The molecule has 1 unspecified atom stereocenters. The molecule has 0 amide bonds. The molecule has 1 aliphatic carbocycles. The molecule has 2 N–H and O–H groups in total. The van der Waals surface area contributed by atoms with Gasteiger partial charge in [0.25, 0.3) is 0 Å². The van der Waals surface area contributed by atoms with Gasteiger partial charge in [0, 0.05) is 24.8 Å². The zero-order chi connectivity index (χ0) is 14.9. The highest BCUT2D eigenvalue weighted by Crippen LogP contribution is 2.24. The molecular weight excluding hydrogens is 292 g/mol. The maximum Gasteiger partial charge on any atom is 0.240 e. The van der Waals surface area contributed by atoms with Crippen LogP contribution in [0.3, 0.4) is 0 Å². The Bertz CT molecular complexity index is 583. The maximum atomic E-state index is 12.1. The van der Waals surface area contributed by atoms with Crippen molar-refractivity contribution < 1.29 is 18.3 Å². The normalized spacial score (nSPS) is 23.3. The number of hydrogen-bond donors (Lipinski definition) is 2. The van der Waals surface area contributed by atoms with Gasteiger partial charge in [-0.1, -0.05) is 0 Å². The number of ether oxygens (including phenoxy) is 1. The standard InChI is InChI=1S/C14H20N2O4S/c17-10-13-9-16(7-8-20-13)12-3-5-14(6-4-12)21(18,19)15-11-1-2-11/h3-6,11,13,15,17H,1-2,7-10H2. The summed E-state index contributed by atoms with van der Waals surface area (Å²) in [5.41, 5.74) is 0.946. The molecule has 1 heterocycles. The third-order valence-corrected chi connectivity index (χ3v) is 5.29. The molecule has 1 aromatic carbocycles. The van der Waals surface area contributed by atoms with Crippen molar-refractivity contribution in [3.8, 4) is 0 Å². The third-order valence-electron chi connectivity index (χ3n) is 3.75. The first-order valence-electron chi connectivity index (χ1n) is 7.18. The van der Waals surface area contributed by atoms with Crippen molar-refractivity contribution in [1.29, 1.82) is 0 Å². The van der Waals surface area contributed by atoms with Crippen molar-refractivity contribution in [1.82, 2.24) is 4.72 Å². The third kappa shape index (κ3) is 3.55. The molecule has 1 aliphatic heterocycles. The highest BCUT2D eigenvalue weighted by atomic mass is 32.2. The van der Waals surface area contributed by atoms with Crippen LogP contribution in [0.4, 0.5) is 5.69 Å². The largest absolute Gasteiger partial charge is 0.394 e. The molecule has 7 heteroatoms. The number of hydrogen-bond acceptors (Lipinski definition) is 5. The minimum absolute atomic E-state index is 0.00568. The molecule has 1 saturated carbocycles. The number of benzene rings is 1. The minimum Gasteiger partial charge on any atom is -0.394 e. The molecule has 3 rings (SSSR count). The molecule has 6 nitrogen and oxygen atoms in total. The van der Waals surface area contributed by atoms with Crippen molar-refractivity contribution in [2.24, 2.45) is 0 Å². The molecule has 0 bridgehead atoms. The average Bonchev–Trinajstić information content (AvgIpc) is 3.31. The van der Waals surface area contributed by atoms with Crippen LogP contribution >= 0.6 is 0 Å². The summed E-state index contributed by atoms with van der Waals surface area (Å²) in [5.74, 6) is 0. The second kappa shape index (κ2) is 5.92. The average molecular weight is 312 g/mol. The van der Waals surface area contributed by atoms with Gasteiger partial charge >= 0.3 is 0 Å². The van der Waals surface area contributed by atoms with Crippen LogP contribution in [0.15, 0.2) is 29.2 Å². The Labute approximate surface area is 124 Å². The van der Waals surface area contributed by atoms with Crippen molar-refractivity contribution in [2.75, 3.05) is 31.2 Å². The summed E-state index contributed by atoms with van der Waals surface area (Å²) in [6, 6.07) is 6.98. The molecule has 1 atom stereocenters. The molecule has 0 spiro atoms. The fourth-order valence-electron chi connectivity index (χ4n) is 2.39. The van der Waals surface area contributed by atoms with Gasteiger partial charge in [-0.2, -0.15) is 0 Å². The summed E-state index contributed by atoms with van der Waals surface area (Å²) >= 11 is 0. The highest BCUT2D eigenvalue weighted by Gasteiger charge is 2.28. The number of aliphatic hydroxyl groups excluding tert-OH is 1. The zero-order valence-electron chi connectivity index (χ0n) is 11.7. The van der Waals surface area contributed by atoms with E-state index in [9.17, 15) is 8.42 Å². The van der Waals surface area contributed by atoms with E-state index < -0.39 is 10.0 Å². The summed E-state index contributed by atoms with van der Waals surface area (Å²) < 4.78 is 32.3. The lowest BCUT2D eigenvalue weighted by Crippen LogP contribution is -2.44. The second-order valence-corrected chi connectivity index (χ2v) is 7.22. The van der Waals surface area contributed by atoms with E-state index in [0.29, 0.717) is 18.0 Å². The number of anilines is 1. The minimum atomic E-state index is -3.39. The summed E-state index contributed by atoms with van der Waals surface area (Å²) in [4.78, 5) is 2.39. The van der Waals surface area contributed by atoms with E-state index in [1.165, 1.54) is 0 Å². The van der Waals surface area contributed by atoms with Crippen LogP contribution < -0.4 is 9.62 Å². The van der Waals surface area contributed by atoms with E-state index in [0.717, 1.165) is 25.1 Å². The van der Waals surface area contributed by atoms with E-state index in [1.54, 1.807) is 24.3 Å². The van der Waals surface area contributed by atoms with Crippen LogP contribution in [0.1, 0.15) is 12.8 Å². The zero-order valence-corrected chi connectivity index (χ0v) is 12.6. The maximum absolute atomic E-state index is 12.1. The van der Waals surface area contributed by atoms with E-state index in [4.69, 9.17) is 9.84 Å². The lowest BCUT2D eigenvalue weighted by Gasteiger charge is -2.33. The van der Waals surface area contributed by atoms with Gasteiger partial charge in [0.1, 0.15) is 0 Å². The van der Waals surface area contributed by atoms with Gasteiger partial charge in [0.15, 0.2) is 0 Å². The van der Waals surface area contributed by atoms with E-state index >= 15 is 0 Å². The molecule has 0 radical (unpaired) electrons. The second-order valence-electron chi connectivity index (χ2n) is 5.51. The van der Waals surface area contributed by atoms with Crippen LogP contribution in [0.2, 0.25) is 0 Å². The number of morpholine rings is 1. The molecule has 0 aromatic heterocycles. The molecular formula is C14H20N2O4S. The Morgan fingerprint density at radius 2 is 2.00 bits per heavy atom. The molecule has 1 saturated heterocycles. The van der Waals surface area contributed by atoms with Crippen LogP contribution in [-0.4, -0.2) is 52.0 Å². The van der Waals surface area contributed by atoms with E-state index in [2.05, 4.69) is 9.62 Å². The van der Waals surface area contributed by atoms with Crippen molar-refractivity contribution >= 4 is 15.7 Å². The summed E-state index contributed by atoms with van der Waals surface area (Å²) in [5, 5.41) is 9.16. The van der Waals surface area contributed by atoms with Gasteiger partial charge in [-0.05, 0) is 37.1 Å². The van der Waals surface area contributed by atoms with Crippen LogP contribution in [0.25, 0.3) is 0 Å². The van der Waals surface area contributed by atoms with E-state index in [-0.39, 0.29) is 18.8 Å². The first kappa shape index (κ1) is 14.8. The molecule has 116 valence electrons. The predicted octanol–water partition coefficient (Wildman–Crippen LogP) is 0.325. The quantitative estimate of drug-likeness (QED) is 0.819. The summed E-state index contributed by atoms with van der Waals surface area (Å²) in [6.07, 6.45) is 1.67. The Balaban J connectivity index is 1.71. The first-order valence-corrected chi connectivity index (χ1v) is 8.66. The van der Waals surface area contributed by atoms with Crippen molar-refractivity contribution in [2.45, 2.75) is 29.9 Å². The predicted molar refractivity (Wildman–Crippen MR) is 78.8 cm³/mol. The number of nitrogens with one attached hydrogen (secondary N) is 1. The first-order chi connectivity index (χ1) is 10.1. The number of aliphatic hydroxyl groups is 1. The monoisotopic (exact) mass is 312 g/mol. The van der Waals surface area contributed by atoms with Crippen LogP contribution in [0.5, 0.6) is 0 Å². The molecule has 1 aromatic rings. The van der Waals surface area contributed by atoms with Crippen LogP contribution in [-0.2, 0) is 14.8 Å². The lowest BCUT2D eigenvalue weighted by atomic mass is 10.2. The van der Waals surface area contributed by atoms with Crippen molar-refractivity contribution in [3.05, 3.63) is 24.3 Å². The number of nitrogens with zero attached hydrogens (tertiary/aromatic N) is 1. The van der Waals surface area contributed by atoms with Gasteiger partial charge < -0.3 is 14.7 Å². The van der Waals surface area contributed by atoms with Gasteiger partial charge in [0.05, 0.1) is 24.2 Å². The van der Waals surface area contributed by atoms with Crippen LogP contribution in [0, 0.1) is 0 Å². The Morgan fingerprint density at radius 3 is 2.62 bits per heavy atom. The van der Waals surface area contributed by atoms with Crippen molar-refractivity contribution in [3.63, 3.8) is 0 Å². The molecule has 2 aliphatic rings. The molecule has 2 fully saturated rings. The van der Waals surface area contributed by atoms with Gasteiger partial charge in [0.2, 0.25) is 10.0 Å². The Hall–Kier alpha value is -1.15. The SMILES string of the molecule is O=S(=O)(NC1CC1)c1ccc(N2CCOC(CO)C2)cc1. The summed E-state index contributed by atoms with van der Waals surface area (Å²) in [6.45, 7) is 1.91. The van der Waals surface area contributed by atoms with E-state index in [1.807, 2.05) is 0 Å². The highest BCUT2D eigenvalue weighted by molar-refractivity contribution is 7.89. The molecule has 21 heavy (non-hydrogen) atoms. The topological polar surface area (TPSA) is 78.9 Å².